The van der Waals surface area contributed by atoms with Gasteiger partial charge in [-0.1, -0.05) is 6.92 Å². The summed E-state index contributed by atoms with van der Waals surface area (Å²) in [5, 5.41) is 0. The van der Waals surface area contributed by atoms with Crippen LogP contribution in [0.2, 0.25) is 0 Å². The topological polar surface area (TPSA) is 75.6 Å². The SMILES string of the molecule is COCc1ncc2c(n1)CC1CCC2N1C(=O)C(=O)N1CCCC(C)C1. The monoisotopic (exact) mass is 358 g/mol. The molecule has 0 aliphatic carbocycles. The van der Waals surface area contributed by atoms with Gasteiger partial charge in [-0.05, 0) is 31.6 Å². The molecule has 2 fully saturated rings. The number of aromatic nitrogens is 2. The average molecular weight is 358 g/mol. The largest absolute Gasteiger partial charge is 0.377 e. The minimum Gasteiger partial charge on any atom is -0.377 e. The Hall–Kier alpha value is -2.02. The number of rotatable bonds is 2. The number of methoxy groups -OCH3 is 1. The molecule has 2 amide bonds. The van der Waals surface area contributed by atoms with E-state index >= 15 is 0 Å². The van der Waals surface area contributed by atoms with Gasteiger partial charge in [-0.15, -0.1) is 0 Å². The van der Waals surface area contributed by atoms with Gasteiger partial charge >= 0.3 is 11.8 Å². The molecule has 0 spiro atoms. The Kier molecular flexibility index (Phi) is 4.65. The van der Waals surface area contributed by atoms with Gasteiger partial charge in [-0.3, -0.25) is 9.59 Å². The molecule has 3 atom stereocenters. The zero-order chi connectivity index (χ0) is 18.3. The molecule has 3 aliphatic heterocycles. The van der Waals surface area contributed by atoms with Crippen LogP contribution in [-0.4, -0.2) is 57.8 Å². The van der Waals surface area contributed by atoms with Crippen LogP contribution in [0.5, 0.6) is 0 Å². The average Bonchev–Trinajstić information content (AvgIpc) is 2.95. The van der Waals surface area contributed by atoms with Gasteiger partial charge < -0.3 is 14.5 Å². The van der Waals surface area contributed by atoms with Crippen molar-refractivity contribution in [1.29, 1.82) is 0 Å². The van der Waals surface area contributed by atoms with E-state index in [1.165, 1.54) is 0 Å². The van der Waals surface area contributed by atoms with Crippen LogP contribution in [0.1, 0.15) is 55.7 Å². The van der Waals surface area contributed by atoms with E-state index in [0.717, 1.165) is 36.9 Å². The van der Waals surface area contributed by atoms with Crippen molar-refractivity contribution < 1.29 is 14.3 Å². The van der Waals surface area contributed by atoms with Crippen molar-refractivity contribution in [3.05, 3.63) is 23.3 Å². The van der Waals surface area contributed by atoms with Crippen molar-refractivity contribution in [1.82, 2.24) is 19.8 Å². The fourth-order valence-corrected chi connectivity index (χ4v) is 4.65. The summed E-state index contributed by atoms with van der Waals surface area (Å²) in [5.41, 5.74) is 1.99. The van der Waals surface area contributed by atoms with Crippen molar-refractivity contribution in [2.45, 2.75) is 57.7 Å². The molecule has 4 rings (SSSR count). The summed E-state index contributed by atoms with van der Waals surface area (Å²) >= 11 is 0. The van der Waals surface area contributed by atoms with Crippen molar-refractivity contribution in [2.75, 3.05) is 20.2 Å². The minimum absolute atomic E-state index is 0.0662. The molecule has 3 aliphatic rings. The number of carbonyl (C=O) groups is 2. The summed E-state index contributed by atoms with van der Waals surface area (Å²) in [6.07, 6.45) is 6.40. The van der Waals surface area contributed by atoms with Crippen LogP contribution >= 0.6 is 0 Å². The number of ether oxygens (including phenoxy) is 1. The molecule has 1 aromatic rings. The lowest BCUT2D eigenvalue weighted by Gasteiger charge is -2.37. The normalized spacial score (nSPS) is 27.4. The maximum atomic E-state index is 13.0. The predicted molar refractivity (Wildman–Crippen MR) is 94.0 cm³/mol. The van der Waals surface area contributed by atoms with Gasteiger partial charge in [0.15, 0.2) is 5.82 Å². The smallest absolute Gasteiger partial charge is 0.312 e. The molecule has 7 nitrogen and oxygen atoms in total. The third kappa shape index (κ3) is 2.98. The number of carbonyl (C=O) groups excluding carboxylic acids is 2. The Balaban J connectivity index is 1.55. The highest BCUT2D eigenvalue weighted by Crippen LogP contribution is 2.43. The summed E-state index contributed by atoms with van der Waals surface area (Å²) in [5.74, 6) is 0.447. The summed E-state index contributed by atoms with van der Waals surface area (Å²) in [6, 6.07) is -0.00420. The van der Waals surface area contributed by atoms with E-state index in [0.29, 0.717) is 37.9 Å². The van der Waals surface area contributed by atoms with E-state index in [9.17, 15) is 9.59 Å². The van der Waals surface area contributed by atoms with Gasteiger partial charge in [0.2, 0.25) is 0 Å². The van der Waals surface area contributed by atoms with Crippen LogP contribution in [0.4, 0.5) is 0 Å². The molecule has 140 valence electrons. The van der Waals surface area contributed by atoms with Crippen molar-refractivity contribution in [2.24, 2.45) is 5.92 Å². The quantitative estimate of drug-likeness (QED) is 0.749. The van der Waals surface area contributed by atoms with E-state index in [2.05, 4.69) is 16.9 Å². The highest BCUT2D eigenvalue weighted by atomic mass is 16.5. The standard InChI is InChI=1S/C19H26N4O3/c1-12-4-3-7-22(10-12)18(24)19(25)23-13-5-6-16(23)14-9-20-17(11-26-2)21-15(14)8-13/h9,12-13,16H,3-8,10-11H2,1-2H3. The summed E-state index contributed by atoms with van der Waals surface area (Å²) < 4.78 is 5.12. The second-order valence-electron chi connectivity index (χ2n) is 7.78. The molecule has 2 bridgehead atoms. The van der Waals surface area contributed by atoms with E-state index in [4.69, 9.17) is 4.74 Å². The number of fused-ring (bicyclic) bond motifs is 4. The van der Waals surface area contributed by atoms with E-state index < -0.39 is 0 Å². The van der Waals surface area contributed by atoms with E-state index in [-0.39, 0.29) is 23.9 Å². The Morgan fingerprint density at radius 1 is 1.27 bits per heavy atom. The van der Waals surface area contributed by atoms with Crippen LogP contribution in [0.25, 0.3) is 0 Å². The maximum absolute atomic E-state index is 13.0. The van der Waals surface area contributed by atoms with Gasteiger partial charge in [0.25, 0.3) is 0 Å². The van der Waals surface area contributed by atoms with Gasteiger partial charge in [0.1, 0.15) is 6.61 Å². The molecule has 2 saturated heterocycles. The van der Waals surface area contributed by atoms with Gasteiger partial charge in [0.05, 0.1) is 11.7 Å². The fourth-order valence-electron chi connectivity index (χ4n) is 4.65. The Morgan fingerprint density at radius 2 is 2.12 bits per heavy atom. The third-order valence-electron chi connectivity index (χ3n) is 5.88. The lowest BCUT2D eigenvalue weighted by atomic mass is 9.98. The summed E-state index contributed by atoms with van der Waals surface area (Å²) in [6.45, 7) is 3.91. The number of likely N-dealkylation sites (tertiary alicyclic amines) is 1. The highest BCUT2D eigenvalue weighted by molar-refractivity contribution is 6.35. The fraction of sp³-hybridized carbons (Fsp3) is 0.684. The van der Waals surface area contributed by atoms with Crippen LogP contribution in [0, 0.1) is 5.92 Å². The Bertz CT molecular complexity index is 723. The molecular formula is C19H26N4O3. The predicted octanol–water partition coefficient (Wildman–Crippen LogP) is 1.47. The second-order valence-corrected chi connectivity index (χ2v) is 7.78. The van der Waals surface area contributed by atoms with Crippen molar-refractivity contribution in [3.63, 3.8) is 0 Å². The molecule has 0 N–H and O–H groups in total. The van der Waals surface area contributed by atoms with E-state index in [1.807, 2.05) is 11.1 Å². The second kappa shape index (κ2) is 6.95. The van der Waals surface area contributed by atoms with Crippen LogP contribution in [0.3, 0.4) is 0 Å². The molecule has 0 aromatic carbocycles. The third-order valence-corrected chi connectivity index (χ3v) is 5.88. The van der Waals surface area contributed by atoms with Crippen LogP contribution in [0.15, 0.2) is 6.20 Å². The van der Waals surface area contributed by atoms with Crippen LogP contribution in [-0.2, 0) is 27.4 Å². The number of amides is 2. The lowest BCUT2D eigenvalue weighted by Crippen LogP contribution is -2.52. The summed E-state index contributed by atoms with van der Waals surface area (Å²) in [7, 11) is 1.62. The zero-order valence-corrected chi connectivity index (χ0v) is 15.5. The molecule has 4 heterocycles. The Morgan fingerprint density at radius 3 is 2.88 bits per heavy atom. The minimum atomic E-state index is -0.349. The van der Waals surface area contributed by atoms with E-state index in [1.54, 1.807) is 12.0 Å². The molecule has 0 radical (unpaired) electrons. The first-order chi connectivity index (χ1) is 12.6. The van der Waals surface area contributed by atoms with Gasteiger partial charge in [0, 0.05) is 44.4 Å². The first kappa shape index (κ1) is 17.4. The molecule has 7 heteroatoms. The van der Waals surface area contributed by atoms with Gasteiger partial charge in [-0.25, -0.2) is 9.97 Å². The van der Waals surface area contributed by atoms with Crippen molar-refractivity contribution in [3.8, 4) is 0 Å². The van der Waals surface area contributed by atoms with Gasteiger partial charge in [-0.2, -0.15) is 0 Å². The summed E-state index contributed by atoms with van der Waals surface area (Å²) in [4.78, 5) is 38.3. The molecule has 0 saturated carbocycles. The first-order valence-corrected chi connectivity index (χ1v) is 9.53. The first-order valence-electron chi connectivity index (χ1n) is 9.53. The maximum Gasteiger partial charge on any atom is 0.312 e. The van der Waals surface area contributed by atoms with Crippen LogP contribution < -0.4 is 0 Å². The Labute approximate surface area is 153 Å². The number of hydrogen-bond acceptors (Lipinski definition) is 5. The molecule has 26 heavy (non-hydrogen) atoms. The molecule has 3 unspecified atom stereocenters. The van der Waals surface area contributed by atoms with Crippen molar-refractivity contribution >= 4 is 11.8 Å². The molecular weight excluding hydrogens is 332 g/mol. The zero-order valence-electron chi connectivity index (χ0n) is 15.5. The number of nitrogens with zero attached hydrogens (tertiary/aromatic N) is 4. The number of piperidine rings is 1. The molecule has 1 aromatic heterocycles. The number of hydrogen-bond donors (Lipinski definition) is 0. The lowest BCUT2D eigenvalue weighted by molar-refractivity contribution is -0.155. The highest BCUT2D eigenvalue weighted by Gasteiger charge is 2.46.